The summed E-state index contributed by atoms with van der Waals surface area (Å²) in [5.41, 5.74) is 5.36. The third-order valence-corrected chi connectivity index (χ3v) is 7.78. The van der Waals surface area contributed by atoms with Crippen LogP contribution in [0.2, 0.25) is 0 Å². The highest BCUT2D eigenvalue weighted by molar-refractivity contribution is 7.10. The van der Waals surface area contributed by atoms with Gasteiger partial charge in [-0.2, -0.15) is 4.98 Å². The second-order valence-corrected chi connectivity index (χ2v) is 11.0. The molecular formula is C25H28N6OS. The maximum absolute atomic E-state index is 13.3. The maximum atomic E-state index is 13.3. The Kier molecular flexibility index (Phi) is 4.71. The molecule has 3 aromatic heterocycles. The summed E-state index contributed by atoms with van der Waals surface area (Å²) in [6, 6.07) is 8.82. The van der Waals surface area contributed by atoms with Crippen molar-refractivity contribution in [3.8, 4) is 5.69 Å². The molecule has 2 N–H and O–H groups in total. The third-order valence-electron chi connectivity index (χ3n) is 6.43. The number of fused-ring (bicyclic) bond motifs is 2. The molecule has 0 atom stereocenters. The molecule has 4 heterocycles. The van der Waals surface area contributed by atoms with E-state index in [4.69, 9.17) is 4.98 Å². The summed E-state index contributed by atoms with van der Waals surface area (Å²) < 4.78 is 3.88. The van der Waals surface area contributed by atoms with E-state index >= 15 is 0 Å². The Labute approximate surface area is 196 Å². The largest absolute Gasteiger partial charge is 0.324 e. The van der Waals surface area contributed by atoms with Crippen LogP contribution in [0.15, 0.2) is 40.6 Å². The SMILES string of the molecule is CC(C)(C)c1cc(-n2c3nc(Nc4ccc5c(c4)CCNC5)ncc3c(=O)n2C2CC2)cs1. The molecule has 6 rings (SSSR count). The number of hydrogen-bond acceptors (Lipinski definition) is 6. The fraction of sp³-hybridized carbons (Fsp3) is 0.400. The Balaban J connectivity index is 1.44. The molecule has 0 amide bonds. The molecule has 0 saturated heterocycles. The van der Waals surface area contributed by atoms with Crippen LogP contribution < -0.4 is 16.2 Å². The minimum absolute atomic E-state index is 0.0103. The van der Waals surface area contributed by atoms with Gasteiger partial charge in [-0.05, 0) is 60.5 Å². The van der Waals surface area contributed by atoms with Crippen LogP contribution in [0.1, 0.15) is 55.7 Å². The predicted octanol–water partition coefficient (Wildman–Crippen LogP) is 4.67. The second-order valence-electron chi connectivity index (χ2n) is 10.1. The molecule has 4 aromatic rings. The molecule has 1 aromatic carbocycles. The number of rotatable bonds is 4. The lowest BCUT2D eigenvalue weighted by molar-refractivity contribution is 0.559. The summed E-state index contributed by atoms with van der Waals surface area (Å²) in [6.07, 6.45) is 4.73. The Morgan fingerprint density at radius 3 is 2.79 bits per heavy atom. The molecule has 33 heavy (non-hydrogen) atoms. The van der Waals surface area contributed by atoms with Crippen LogP contribution in [0.5, 0.6) is 0 Å². The van der Waals surface area contributed by atoms with Gasteiger partial charge >= 0.3 is 0 Å². The van der Waals surface area contributed by atoms with Gasteiger partial charge in [-0.1, -0.05) is 26.8 Å². The summed E-state index contributed by atoms with van der Waals surface area (Å²) in [4.78, 5) is 23.9. The highest BCUT2D eigenvalue weighted by Crippen LogP contribution is 2.37. The quantitative estimate of drug-likeness (QED) is 0.463. The summed E-state index contributed by atoms with van der Waals surface area (Å²) in [5, 5.41) is 9.46. The van der Waals surface area contributed by atoms with Crippen molar-refractivity contribution in [2.75, 3.05) is 11.9 Å². The lowest BCUT2D eigenvalue weighted by Gasteiger charge is -2.18. The lowest BCUT2D eigenvalue weighted by atomic mass is 9.95. The van der Waals surface area contributed by atoms with E-state index in [2.05, 4.69) is 66.0 Å². The molecule has 8 heteroatoms. The van der Waals surface area contributed by atoms with Gasteiger partial charge in [-0.3, -0.25) is 4.79 Å². The molecule has 1 aliphatic heterocycles. The number of aromatic nitrogens is 4. The molecule has 0 radical (unpaired) electrons. The highest BCUT2D eigenvalue weighted by Gasteiger charge is 2.31. The molecule has 1 fully saturated rings. The van der Waals surface area contributed by atoms with Gasteiger partial charge in [0, 0.05) is 28.7 Å². The normalized spacial score (nSPS) is 16.2. The van der Waals surface area contributed by atoms with Crippen molar-refractivity contribution < 1.29 is 0 Å². The third kappa shape index (κ3) is 3.67. The minimum atomic E-state index is -0.0103. The number of benzene rings is 1. The van der Waals surface area contributed by atoms with Crippen LogP contribution in [0, 0.1) is 0 Å². The van der Waals surface area contributed by atoms with E-state index in [0.717, 1.165) is 43.7 Å². The maximum Gasteiger partial charge on any atom is 0.278 e. The molecule has 0 spiro atoms. The first-order chi connectivity index (χ1) is 15.9. The van der Waals surface area contributed by atoms with Gasteiger partial charge in [0.15, 0.2) is 5.65 Å². The number of hydrogen-bond donors (Lipinski definition) is 2. The van der Waals surface area contributed by atoms with Crippen molar-refractivity contribution >= 4 is 34.0 Å². The molecule has 1 aliphatic carbocycles. The van der Waals surface area contributed by atoms with Crippen LogP contribution in [-0.4, -0.2) is 25.9 Å². The van der Waals surface area contributed by atoms with Gasteiger partial charge in [0.05, 0.1) is 11.7 Å². The van der Waals surface area contributed by atoms with Crippen molar-refractivity contribution in [1.82, 2.24) is 24.6 Å². The Bertz CT molecular complexity index is 1420. The van der Waals surface area contributed by atoms with E-state index in [0.29, 0.717) is 17.0 Å². The zero-order chi connectivity index (χ0) is 22.7. The topological polar surface area (TPSA) is 76.8 Å². The number of nitrogens with zero attached hydrogens (tertiary/aromatic N) is 4. The second kappa shape index (κ2) is 7.53. The van der Waals surface area contributed by atoms with E-state index in [1.807, 2.05) is 9.36 Å². The molecule has 0 bridgehead atoms. The molecule has 170 valence electrons. The fourth-order valence-corrected chi connectivity index (χ4v) is 5.43. The summed E-state index contributed by atoms with van der Waals surface area (Å²) >= 11 is 1.73. The molecule has 0 unspecified atom stereocenters. The van der Waals surface area contributed by atoms with E-state index in [-0.39, 0.29) is 17.0 Å². The molecule has 1 saturated carbocycles. The smallest absolute Gasteiger partial charge is 0.278 e. The monoisotopic (exact) mass is 460 g/mol. The number of thiophene rings is 1. The minimum Gasteiger partial charge on any atom is -0.324 e. The van der Waals surface area contributed by atoms with Gasteiger partial charge in [-0.25, -0.2) is 14.3 Å². The highest BCUT2D eigenvalue weighted by atomic mass is 32.1. The van der Waals surface area contributed by atoms with E-state index in [1.165, 1.54) is 16.0 Å². The number of nitrogens with one attached hydrogen (secondary N) is 2. The van der Waals surface area contributed by atoms with E-state index in [1.54, 1.807) is 17.5 Å². The van der Waals surface area contributed by atoms with Crippen molar-refractivity contribution in [2.45, 2.75) is 58.0 Å². The van der Waals surface area contributed by atoms with Crippen LogP contribution in [-0.2, 0) is 18.4 Å². The first-order valence-electron chi connectivity index (χ1n) is 11.6. The Morgan fingerprint density at radius 1 is 1.18 bits per heavy atom. The van der Waals surface area contributed by atoms with Gasteiger partial charge in [0.25, 0.3) is 5.56 Å². The van der Waals surface area contributed by atoms with Gasteiger partial charge in [0.1, 0.15) is 5.39 Å². The van der Waals surface area contributed by atoms with Crippen LogP contribution in [0.3, 0.4) is 0 Å². The van der Waals surface area contributed by atoms with Gasteiger partial charge in [0.2, 0.25) is 5.95 Å². The first kappa shape index (κ1) is 20.6. The predicted molar refractivity (Wildman–Crippen MR) is 133 cm³/mol. The summed E-state index contributed by atoms with van der Waals surface area (Å²) in [7, 11) is 0. The zero-order valence-corrected chi connectivity index (χ0v) is 20.0. The van der Waals surface area contributed by atoms with Crippen LogP contribution >= 0.6 is 11.3 Å². The molecule has 2 aliphatic rings. The van der Waals surface area contributed by atoms with Gasteiger partial charge < -0.3 is 10.6 Å². The van der Waals surface area contributed by atoms with Crippen LogP contribution in [0.25, 0.3) is 16.7 Å². The van der Waals surface area contributed by atoms with E-state index < -0.39 is 0 Å². The Morgan fingerprint density at radius 2 is 2.03 bits per heavy atom. The van der Waals surface area contributed by atoms with Crippen molar-refractivity contribution in [1.29, 1.82) is 0 Å². The average molecular weight is 461 g/mol. The van der Waals surface area contributed by atoms with Crippen molar-refractivity contribution in [3.05, 3.63) is 62.2 Å². The van der Waals surface area contributed by atoms with E-state index in [9.17, 15) is 4.79 Å². The lowest BCUT2D eigenvalue weighted by Crippen LogP contribution is -2.23. The standard InChI is InChI=1S/C25H28N6OS/c1-25(2,3)21-11-19(14-33-21)30-22-20(23(32)31(30)18-6-7-18)13-27-24(29-22)28-17-5-4-16-12-26-9-8-15(16)10-17/h4-5,10-11,13-14,18,26H,6-9,12H2,1-3H3,(H,27,28,29). The van der Waals surface area contributed by atoms with Crippen molar-refractivity contribution in [2.24, 2.45) is 0 Å². The first-order valence-corrected chi connectivity index (χ1v) is 12.5. The number of anilines is 2. The fourth-order valence-electron chi connectivity index (χ4n) is 4.47. The molecule has 7 nitrogen and oxygen atoms in total. The summed E-state index contributed by atoms with van der Waals surface area (Å²) in [6.45, 7) is 8.54. The Hall–Kier alpha value is -2.97. The van der Waals surface area contributed by atoms with Gasteiger partial charge in [-0.15, -0.1) is 11.3 Å². The average Bonchev–Trinajstić information content (AvgIpc) is 3.42. The van der Waals surface area contributed by atoms with Crippen LogP contribution in [0.4, 0.5) is 11.6 Å². The summed E-state index contributed by atoms with van der Waals surface area (Å²) in [5.74, 6) is 0.504. The molecular weight excluding hydrogens is 432 g/mol. The van der Waals surface area contributed by atoms with Crippen molar-refractivity contribution in [3.63, 3.8) is 0 Å². The zero-order valence-electron chi connectivity index (χ0n) is 19.2.